The average molecular weight is 405 g/mol. The summed E-state index contributed by atoms with van der Waals surface area (Å²) in [6.45, 7) is 9.96. The Labute approximate surface area is 176 Å². The SMILES string of the molecule is Cc1cc(C)c(C)c(Cn2c(COc3ccc(Cl)cc3)nc3ccccc32)c1C. The second-order valence-electron chi connectivity index (χ2n) is 7.58. The zero-order valence-electron chi connectivity index (χ0n) is 17.3. The molecule has 0 aliphatic rings. The van der Waals surface area contributed by atoms with Crippen molar-refractivity contribution in [2.24, 2.45) is 0 Å². The standard InChI is InChI=1S/C25H25ClN2O/c1-16-13-17(2)19(4)22(18(16)3)14-28-24-8-6-5-7-23(24)27-25(28)15-29-21-11-9-20(26)10-12-21/h5-13H,14-15H2,1-4H3. The normalized spacial score (nSPS) is 11.2. The van der Waals surface area contributed by atoms with Gasteiger partial charge in [0.25, 0.3) is 0 Å². The molecule has 0 fully saturated rings. The van der Waals surface area contributed by atoms with Crippen LogP contribution in [0.15, 0.2) is 54.6 Å². The van der Waals surface area contributed by atoms with E-state index in [9.17, 15) is 0 Å². The van der Waals surface area contributed by atoms with E-state index in [1.165, 1.54) is 27.8 Å². The number of nitrogens with zero attached hydrogens (tertiary/aromatic N) is 2. The van der Waals surface area contributed by atoms with Crippen molar-refractivity contribution >= 4 is 22.6 Å². The van der Waals surface area contributed by atoms with E-state index in [0.29, 0.717) is 11.6 Å². The van der Waals surface area contributed by atoms with E-state index in [1.807, 2.05) is 30.3 Å². The molecule has 1 aromatic heterocycles. The number of hydrogen-bond acceptors (Lipinski definition) is 2. The molecule has 3 nitrogen and oxygen atoms in total. The fourth-order valence-corrected chi connectivity index (χ4v) is 3.91. The quantitative estimate of drug-likeness (QED) is 0.377. The Morgan fingerprint density at radius 1 is 0.897 bits per heavy atom. The molecule has 0 bridgehead atoms. The van der Waals surface area contributed by atoms with E-state index in [2.05, 4.69) is 56.5 Å². The lowest BCUT2D eigenvalue weighted by Gasteiger charge is -2.18. The fourth-order valence-electron chi connectivity index (χ4n) is 3.78. The van der Waals surface area contributed by atoms with Gasteiger partial charge >= 0.3 is 0 Å². The van der Waals surface area contributed by atoms with Crippen LogP contribution < -0.4 is 4.74 Å². The number of aryl methyl sites for hydroxylation is 2. The summed E-state index contributed by atoms with van der Waals surface area (Å²) in [6, 6.07) is 18.0. The van der Waals surface area contributed by atoms with Crippen LogP contribution in [0.1, 0.15) is 33.6 Å². The first-order valence-corrected chi connectivity index (χ1v) is 10.2. The lowest BCUT2D eigenvalue weighted by atomic mass is 9.94. The predicted octanol–water partition coefficient (Wildman–Crippen LogP) is 6.55. The van der Waals surface area contributed by atoms with Crippen LogP contribution in [0.5, 0.6) is 5.75 Å². The van der Waals surface area contributed by atoms with Crippen LogP contribution >= 0.6 is 11.6 Å². The van der Waals surface area contributed by atoms with Crippen molar-refractivity contribution in [3.63, 3.8) is 0 Å². The lowest BCUT2D eigenvalue weighted by molar-refractivity contribution is 0.291. The van der Waals surface area contributed by atoms with Crippen LogP contribution in [0.3, 0.4) is 0 Å². The third-order valence-corrected chi connectivity index (χ3v) is 6.00. The minimum absolute atomic E-state index is 0.402. The van der Waals surface area contributed by atoms with Gasteiger partial charge in [-0.05, 0) is 91.9 Å². The van der Waals surface area contributed by atoms with Crippen molar-refractivity contribution < 1.29 is 4.74 Å². The number of halogens is 1. The molecule has 4 heteroatoms. The van der Waals surface area contributed by atoms with Gasteiger partial charge in [0.15, 0.2) is 0 Å². The Morgan fingerprint density at radius 2 is 1.55 bits per heavy atom. The van der Waals surface area contributed by atoms with Gasteiger partial charge in [0.1, 0.15) is 18.2 Å². The first-order chi connectivity index (χ1) is 13.9. The highest BCUT2D eigenvalue weighted by atomic mass is 35.5. The molecule has 4 rings (SSSR count). The van der Waals surface area contributed by atoms with Gasteiger partial charge in [-0.25, -0.2) is 4.98 Å². The molecule has 0 aliphatic heterocycles. The first kappa shape index (κ1) is 19.5. The molecule has 4 aromatic rings. The summed E-state index contributed by atoms with van der Waals surface area (Å²) in [5, 5.41) is 0.699. The van der Waals surface area contributed by atoms with Gasteiger partial charge in [0, 0.05) is 5.02 Å². The molecule has 0 saturated carbocycles. The summed E-state index contributed by atoms with van der Waals surface area (Å²) < 4.78 is 8.30. The molecule has 1 heterocycles. The third-order valence-electron chi connectivity index (χ3n) is 5.75. The molecule has 148 valence electrons. The smallest absolute Gasteiger partial charge is 0.148 e. The summed E-state index contributed by atoms with van der Waals surface area (Å²) >= 11 is 5.98. The Balaban J connectivity index is 1.74. The van der Waals surface area contributed by atoms with E-state index in [0.717, 1.165) is 29.2 Å². The summed E-state index contributed by atoms with van der Waals surface area (Å²) in [5.74, 6) is 1.70. The maximum absolute atomic E-state index is 6.02. The molecule has 0 aliphatic carbocycles. The van der Waals surface area contributed by atoms with E-state index in [-0.39, 0.29) is 0 Å². The third kappa shape index (κ3) is 3.88. The van der Waals surface area contributed by atoms with Crippen molar-refractivity contribution in [2.75, 3.05) is 0 Å². The van der Waals surface area contributed by atoms with Crippen molar-refractivity contribution in [3.05, 3.63) is 93.3 Å². The Morgan fingerprint density at radius 3 is 2.24 bits per heavy atom. The number of imidazole rings is 1. The summed E-state index contributed by atoms with van der Waals surface area (Å²) in [7, 11) is 0. The van der Waals surface area contributed by atoms with Gasteiger partial charge < -0.3 is 9.30 Å². The minimum Gasteiger partial charge on any atom is -0.486 e. The van der Waals surface area contributed by atoms with Crippen LogP contribution in [-0.4, -0.2) is 9.55 Å². The molecule has 29 heavy (non-hydrogen) atoms. The summed E-state index contributed by atoms with van der Waals surface area (Å²) in [5.41, 5.74) is 8.81. The summed E-state index contributed by atoms with van der Waals surface area (Å²) in [6.07, 6.45) is 0. The van der Waals surface area contributed by atoms with Crippen molar-refractivity contribution in [1.82, 2.24) is 9.55 Å². The lowest BCUT2D eigenvalue weighted by Crippen LogP contribution is -2.11. The zero-order valence-corrected chi connectivity index (χ0v) is 18.0. The van der Waals surface area contributed by atoms with Gasteiger partial charge in [0.05, 0.1) is 17.6 Å². The highest BCUT2D eigenvalue weighted by Gasteiger charge is 2.15. The Hall–Kier alpha value is -2.78. The van der Waals surface area contributed by atoms with Crippen LogP contribution in [0.2, 0.25) is 5.02 Å². The predicted molar refractivity (Wildman–Crippen MR) is 120 cm³/mol. The largest absolute Gasteiger partial charge is 0.486 e. The van der Waals surface area contributed by atoms with E-state index in [4.69, 9.17) is 21.3 Å². The molecule has 0 amide bonds. The number of benzene rings is 3. The van der Waals surface area contributed by atoms with Crippen molar-refractivity contribution in [3.8, 4) is 5.75 Å². The number of ether oxygens (including phenoxy) is 1. The molecule has 0 unspecified atom stereocenters. The van der Waals surface area contributed by atoms with Crippen LogP contribution in [0.4, 0.5) is 0 Å². The highest BCUT2D eigenvalue weighted by Crippen LogP contribution is 2.26. The molecule has 0 radical (unpaired) electrons. The van der Waals surface area contributed by atoms with Crippen molar-refractivity contribution in [2.45, 2.75) is 40.8 Å². The highest BCUT2D eigenvalue weighted by molar-refractivity contribution is 6.30. The maximum Gasteiger partial charge on any atom is 0.148 e. The summed E-state index contributed by atoms with van der Waals surface area (Å²) in [4.78, 5) is 4.86. The van der Waals surface area contributed by atoms with Gasteiger partial charge in [-0.1, -0.05) is 29.8 Å². The number of rotatable bonds is 5. The van der Waals surface area contributed by atoms with Gasteiger partial charge in [0.2, 0.25) is 0 Å². The number of para-hydroxylation sites is 2. The fraction of sp³-hybridized carbons (Fsp3) is 0.240. The van der Waals surface area contributed by atoms with Gasteiger partial charge in [-0.15, -0.1) is 0 Å². The van der Waals surface area contributed by atoms with E-state index in [1.54, 1.807) is 0 Å². The minimum atomic E-state index is 0.402. The monoisotopic (exact) mass is 404 g/mol. The topological polar surface area (TPSA) is 27.1 Å². The van der Waals surface area contributed by atoms with Crippen molar-refractivity contribution in [1.29, 1.82) is 0 Å². The number of hydrogen-bond donors (Lipinski definition) is 0. The molecular formula is C25H25ClN2O. The molecule has 3 aromatic carbocycles. The first-order valence-electron chi connectivity index (χ1n) is 9.83. The molecule has 0 spiro atoms. The Bertz CT molecular complexity index is 1150. The molecule has 0 saturated heterocycles. The molecular weight excluding hydrogens is 380 g/mol. The van der Waals surface area contributed by atoms with Gasteiger partial charge in [-0.3, -0.25) is 0 Å². The number of aromatic nitrogens is 2. The maximum atomic E-state index is 6.02. The van der Waals surface area contributed by atoms with E-state index >= 15 is 0 Å². The van der Waals surface area contributed by atoms with Gasteiger partial charge in [-0.2, -0.15) is 0 Å². The van der Waals surface area contributed by atoms with Crippen LogP contribution in [-0.2, 0) is 13.2 Å². The zero-order chi connectivity index (χ0) is 20.5. The van der Waals surface area contributed by atoms with E-state index < -0.39 is 0 Å². The van der Waals surface area contributed by atoms with Crippen LogP contribution in [0.25, 0.3) is 11.0 Å². The Kier molecular flexibility index (Phi) is 5.33. The molecule has 0 atom stereocenters. The number of fused-ring (bicyclic) bond motifs is 1. The molecule has 0 N–H and O–H groups in total. The second kappa shape index (κ2) is 7.92. The average Bonchev–Trinajstić information content (AvgIpc) is 3.06. The second-order valence-corrected chi connectivity index (χ2v) is 8.02. The van der Waals surface area contributed by atoms with Crippen LogP contribution in [0, 0.1) is 27.7 Å².